The van der Waals surface area contributed by atoms with Crippen LogP contribution < -0.4 is 5.73 Å². The van der Waals surface area contributed by atoms with Crippen molar-refractivity contribution in [3.63, 3.8) is 0 Å². The molecule has 0 aliphatic heterocycles. The highest BCUT2D eigenvalue weighted by Gasteiger charge is 2.28. The molecular weight excluding hydrogens is 272 g/mol. The van der Waals surface area contributed by atoms with Crippen molar-refractivity contribution in [1.82, 2.24) is 4.90 Å². The first-order valence-electron chi connectivity index (χ1n) is 6.78. The van der Waals surface area contributed by atoms with E-state index in [1.54, 1.807) is 11.3 Å². The Bertz CT molecular complexity index is 474. The van der Waals surface area contributed by atoms with Crippen LogP contribution in [0.5, 0.6) is 0 Å². The predicted molar refractivity (Wildman–Crippen MR) is 83.6 cm³/mol. The molecule has 1 heterocycles. The van der Waals surface area contributed by atoms with Crippen molar-refractivity contribution in [1.29, 1.82) is 0 Å². The lowest BCUT2D eigenvalue weighted by atomic mass is 9.88. The van der Waals surface area contributed by atoms with Gasteiger partial charge in [-0.05, 0) is 23.9 Å². The average molecular weight is 294 g/mol. The fourth-order valence-electron chi connectivity index (χ4n) is 2.50. The number of aliphatic hydroxyl groups is 2. The Kier molecular flexibility index (Phi) is 5.12. The molecule has 2 rings (SSSR count). The van der Waals surface area contributed by atoms with Crippen LogP contribution in [0.3, 0.4) is 0 Å². The van der Waals surface area contributed by atoms with E-state index in [1.807, 2.05) is 24.4 Å². The van der Waals surface area contributed by atoms with Crippen molar-refractivity contribution < 1.29 is 10.2 Å². The fourth-order valence-corrected chi connectivity index (χ4v) is 3.27. The first kappa shape index (κ1) is 15.4. The van der Waals surface area contributed by atoms with Gasteiger partial charge in [0.2, 0.25) is 0 Å². The summed E-state index contributed by atoms with van der Waals surface area (Å²) >= 11 is 1.68. The summed E-state index contributed by atoms with van der Waals surface area (Å²) in [6.07, 6.45) is 6.13. The van der Waals surface area contributed by atoms with Gasteiger partial charge in [0.15, 0.2) is 0 Å². The third-order valence-corrected chi connectivity index (χ3v) is 4.32. The predicted octanol–water partition coefficient (Wildman–Crippen LogP) is 1.07. The Morgan fingerprint density at radius 3 is 2.60 bits per heavy atom. The minimum Gasteiger partial charge on any atom is -0.395 e. The third-order valence-electron chi connectivity index (χ3n) is 3.40. The zero-order chi connectivity index (χ0) is 14.6. The molecule has 0 aromatic carbocycles. The van der Waals surface area contributed by atoms with Gasteiger partial charge in [0.05, 0.1) is 24.8 Å². The number of nitrogens with two attached hydrogens (primary N) is 1. The molecule has 20 heavy (non-hydrogen) atoms. The summed E-state index contributed by atoms with van der Waals surface area (Å²) in [5.41, 5.74) is 6.90. The molecular formula is C15H22N2O2S. The standard InChI is InChI=1S/C15H22N2O2S/c1-15(16)5-4-13(17(6-8-18)7-9-19)12(11-15)14-3-2-10-20-14/h2-5,10-11,13,18-19H,6-9,16H2,1H3. The molecule has 1 aliphatic rings. The minimum atomic E-state index is -0.458. The third kappa shape index (κ3) is 3.56. The quantitative estimate of drug-likeness (QED) is 0.687. The molecule has 0 spiro atoms. The van der Waals surface area contributed by atoms with Crippen molar-refractivity contribution in [2.45, 2.75) is 18.5 Å². The number of aliphatic hydroxyl groups excluding tert-OH is 2. The second-order valence-electron chi connectivity index (χ2n) is 5.23. The molecule has 0 amide bonds. The van der Waals surface area contributed by atoms with Crippen molar-refractivity contribution in [2.24, 2.45) is 5.73 Å². The molecule has 1 aromatic rings. The summed E-state index contributed by atoms with van der Waals surface area (Å²) in [6.45, 7) is 3.17. The Hall–Kier alpha value is -0.980. The zero-order valence-corrected chi connectivity index (χ0v) is 12.5. The first-order chi connectivity index (χ1) is 9.57. The fraction of sp³-hybridized carbons (Fsp3) is 0.467. The summed E-state index contributed by atoms with van der Waals surface area (Å²) in [5.74, 6) is 0. The smallest absolute Gasteiger partial charge is 0.0558 e. The molecule has 0 radical (unpaired) electrons. The van der Waals surface area contributed by atoms with Crippen LogP contribution in [0.15, 0.2) is 35.7 Å². The Morgan fingerprint density at radius 1 is 1.35 bits per heavy atom. The number of rotatable bonds is 6. The lowest BCUT2D eigenvalue weighted by Gasteiger charge is -2.35. The lowest BCUT2D eigenvalue weighted by molar-refractivity contribution is 0.155. The Labute approximate surface area is 123 Å². The van der Waals surface area contributed by atoms with Gasteiger partial charge in [-0.25, -0.2) is 0 Å². The van der Waals surface area contributed by atoms with Gasteiger partial charge in [-0.3, -0.25) is 4.90 Å². The van der Waals surface area contributed by atoms with E-state index < -0.39 is 5.54 Å². The van der Waals surface area contributed by atoms with E-state index >= 15 is 0 Å². The highest BCUT2D eigenvalue weighted by atomic mass is 32.1. The van der Waals surface area contributed by atoms with E-state index in [4.69, 9.17) is 5.73 Å². The van der Waals surface area contributed by atoms with E-state index in [-0.39, 0.29) is 19.3 Å². The summed E-state index contributed by atoms with van der Waals surface area (Å²) < 4.78 is 0. The average Bonchev–Trinajstić information content (AvgIpc) is 2.91. The summed E-state index contributed by atoms with van der Waals surface area (Å²) in [4.78, 5) is 3.24. The molecule has 4 nitrogen and oxygen atoms in total. The molecule has 5 heteroatoms. The summed E-state index contributed by atoms with van der Waals surface area (Å²) in [7, 11) is 0. The van der Waals surface area contributed by atoms with E-state index in [0.717, 1.165) is 5.57 Å². The monoisotopic (exact) mass is 294 g/mol. The summed E-state index contributed by atoms with van der Waals surface area (Å²) in [5, 5.41) is 20.5. The van der Waals surface area contributed by atoms with Crippen LogP contribution in [-0.4, -0.2) is 53.0 Å². The van der Waals surface area contributed by atoms with E-state index in [1.165, 1.54) is 4.88 Å². The second kappa shape index (κ2) is 6.65. The maximum Gasteiger partial charge on any atom is 0.0558 e. The first-order valence-corrected chi connectivity index (χ1v) is 7.66. The van der Waals surface area contributed by atoms with Crippen LogP contribution in [0.2, 0.25) is 0 Å². The lowest BCUT2D eigenvalue weighted by Crippen LogP contribution is -2.43. The molecule has 0 saturated heterocycles. The van der Waals surface area contributed by atoms with Crippen LogP contribution in [0, 0.1) is 0 Å². The van der Waals surface area contributed by atoms with Gasteiger partial charge >= 0.3 is 0 Å². The molecule has 4 N–H and O–H groups in total. The summed E-state index contributed by atoms with van der Waals surface area (Å²) in [6, 6.07) is 4.14. The van der Waals surface area contributed by atoms with Crippen molar-refractivity contribution >= 4 is 16.9 Å². The van der Waals surface area contributed by atoms with Gasteiger partial charge in [0.25, 0.3) is 0 Å². The van der Waals surface area contributed by atoms with E-state index in [2.05, 4.69) is 23.1 Å². The number of hydrogen-bond acceptors (Lipinski definition) is 5. The van der Waals surface area contributed by atoms with Crippen LogP contribution >= 0.6 is 11.3 Å². The van der Waals surface area contributed by atoms with Gasteiger partial charge in [-0.1, -0.05) is 24.3 Å². The van der Waals surface area contributed by atoms with Crippen molar-refractivity contribution in [3.05, 3.63) is 40.6 Å². The molecule has 0 bridgehead atoms. The maximum atomic E-state index is 9.22. The van der Waals surface area contributed by atoms with Gasteiger partial charge in [0, 0.05) is 18.0 Å². The van der Waals surface area contributed by atoms with Crippen LogP contribution in [0.1, 0.15) is 11.8 Å². The molecule has 0 saturated carbocycles. The highest BCUT2D eigenvalue weighted by molar-refractivity contribution is 7.11. The largest absolute Gasteiger partial charge is 0.395 e. The van der Waals surface area contributed by atoms with Crippen LogP contribution in [-0.2, 0) is 0 Å². The van der Waals surface area contributed by atoms with Crippen LogP contribution in [0.25, 0.3) is 5.57 Å². The Balaban J connectivity index is 2.32. The number of nitrogens with zero attached hydrogens (tertiary/aromatic N) is 1. The number of hydrogen-bond donors (Lipinski definition) is 3. The Morgan fingerprint density at radius 2 is 2.05 bits per heavy atom. The van der Waals surface area contributed by atoms with Gasteiger partial charge < -0.3 is 15.9 Å². The molecule has 1 aliphatic carbocycles. The van der Waals surface area contributed by atoms with Crippen LogP contribution in [0.4, 0.5) is 0 Å². The van der Waals surface area contributed by atoms with Crippen molar-refractivity contribution in [3.8, 4) is 0 Å². The zero-order valence-electron chi connectivity index (χ0n) is 11.7. The second-order valence-corrected chi connectivity index (χ2v) is 6.18. The molecule has 2 atom stereocenters. The van der Waals surface area contributed by atoms with Crippen molar-refractivity contribution in [2.75, 3.05) is 26.3 Å². The van der Waals surface area contributed by atoms with E-state index in [9.17, 15) is 10.2 Å². The highest BCUT2D eigenvalue weighted by Crippen LogP contribution is 2.32. The van der Waals surface area contributed by atoms with Gasteiger partial charge in [-0.15, -0.1) is 11.3 Å². The minimum absolute atomic E-state index is 0.0459. The molecule has 2 unspecified atom stereocenters. The molecule has 0 fully saturated rings. The molecule has 110 valence electrons. The SMILES string of the molecule is CC1(N)C=CC(N(CCO)CCO)C(c2cccs2)=C1. The number of thiophene rings is 1. The topological polar surface area (TPSA) is 69.7 Å². The van der Waals surface area contributed by atoms with Gasteiger partial charge in [-0.2, -0.15) is 0 Å². The van der Waals surface area contributed by atoms with E-state index in [0.29, 0.717) is 13.1 Å². The maximum absolute atomic E-state index is 9.22. The van der Waals surface area contributed by atoms with Gasteiger partial charge in [0.1, 0.15) is 0 Å². The normalized spacial score (nSPS) is 26.1. The molecule has 1 aromatic heterocycles.